The van der Waals surface area contributed by atoms with Crippen LogP contribution in [-0.4, -0.2) is 56.0 Å². The molecule has 0 saturated carbocycles. The first-order valence-electron chi connectivity index (χ1n) is 8.78. The van der Waals surface area contributed by atoms with Crippen molar-refractivity contribution in [3.63, 3.8) is 0 Å². The summed E-state index contributed by atoms with van der Waals surface area (Å²) in [6.07, 6.45) is 1.29. The number of ether oxygens (including phenoxy) is 1. The lowest BCUT2D eigenvalue weighted by Gasteiger charge is -2.35. The Morgan fingerprint density at radius 1 is 1.18 bits per heavy atom. The molecule has 148 valence electrons. The Morgan fingerprint density at radius 2 is 1.89 bits per heavy atom. The van der Waals surface area contributed by atoms with Crippen LogP contribution in [0.15, 0.2) is 40.3 Å². The molecule has 0 unspecified atom stereocenters. The first-order valence-corrected chi connectivity index (χ1v) is 11.0. The van der Waals surface area contributed by atoms with Gasteiger partial charge in [-0.15, -0.1) is 11.3 Å². The topological polar surface area (TPSA) is 95.6 Å². The zero-order valence-corrected chi connectivity index (χ0v) is 17.1. The average Bonchev–Trinajstić information content (AvgIpc) is 3.06. The predicted molar refractivity (Wildman–Crippen MR) is 109 cm³/mol. The maximum atomic E-state index is 13.3. The van der Waals surface area contributed by atoms with Gasteiger partial charge in [-0.3, -0.25) is 4.79 Å². The number of aromatic amines is 1. The summed E-state index contributed by atoms with van der Waals surface area (Å²) in [6.45, 7) is 3.44. The average molecular weight is 421 g/mol. The van der Waals surface area contributed by atoms with Crippen molar-refractivity contribution in [3.05, 3.63) is 45.8 Å². The van der Waals surface area contributed by atoms with E-state index in [1.165, 1.54) is 22.0 Å². The molecular weight excluding hydrogens is 400 g/mol. The van der Waals surface area contributed by atoms with Crippen LogP contribution in [0.3, 0.4) is 0 Å². The van der Waals surface area contributed by atoms with Crippen LogP contribution in [0.5, 0.6) is 5.75 Å². The van der Waals surface area contributed by atoms with Gasteiger partial charge in [-0.05, 0) is 19.1 Å². The first kappa shape index (κ1) is 18.9. The summed E-state index contributed by atoms with van der Waals surface area (Å²) < 4.78 is 33.5. The zero-order valence-electron chi connectivity index (χ0n) is 15.5. The molecule has 1 N–H and O–H groups in total. The Kier molecular flexibility index (Phi) is 4.86. The third-order valence-corrected chi connectivity index (χ3v) is 8.09. The standard InChI is InChI=1S/C18H20N4O4S2/c1-12-16(15-17(23)19-11-20-18(15)27-12)28(24,25)22-9-7-21(8-10-22)13-5-3-4-6-14(13)26-2/h3-6,11H,7-10H2,1-2H3,(H,19,20,23). The normalized spacial score (nSPS) is 15.9. The van der Waals surface area contributed by atoms with Gasteiger partial charge in [-0.2, -0.15) is 4.31 Å². The third kappa shape index (κ3) is 3.07. The van der Waals surface area contributed by atoms with Gasteiger partial charge < -0.3 is 14.6 Å². The maximum Gasteiger partial charge on any atom is 0.260 e. The molecule has 3 heterocycles. The van der Waals surface area contributed by atoms with Crippen molar-refractivity contribution in [2.75, 3.05) is 38.2 Å². The predicted octanol–water partition coefficient (Wildman–Crippen LogP) is 1.81. The minimum atomic E-state index is -3.79. The van der Waals surface area contributed by atoms with Crippen molar-refractivity contribution in [2.45, 2.75) is 11.8 Å². The van der Waals surface area contributed by atoms with Crippen LogP contribution in [0, 0.1) is 6.92 Å². The number of para-hydroxylation sites is 2. The van der Waals surface area contributed by atoms with E-state index in [1.807, 2.05) is 24.3 Å². The molecule has 0 aliphatic carbocycles. The Bertz CT molecular complexity index is 1180. The monoisotopic (exact) mass is 420 g/mol. The van der Waals surface area contributed by atoms with E-state index >= 15 is 0 Å². The highest BCUT2D eigenvalue weighted by Crippen LogP contribution is 2.34. The number of fused-ring (bicyclic) bond motifs is 1. The Morgan fingerprint density at radius 3 is 2.61 bits per heavy atom. The number of hydrogen-bond acceptors (Lipinski definition) is 7. The Labute approximate surface area is 166 Å². The van der Waals surface area contributed by atoms with Crippen molar-refractivity contribution in [1.29, 1.82) is 0 Å². The number of aromatic nitrogens is 2. The lowest BCUT2D eigenvalue weighted by Crippen LogP contribution is -2.48. The highest BCUT2D eigenvalue weighted by atomic mass is 32.2. The summed E-state index contributed by atoms with van der Waals surface area (Å²) in [5.74, 6) is 0.760. The Hall–Kier alpha value is -2.43. The second kappa shape index (κ2) is 7.19. The van der Waals surface area contributed by atoms with Gasteiger partial charge in [0.15, 0.2) is 0 Å². The zero-order chi connectivity index (χ0) is 19.9. The summed E-state index contributed by atoms with van der Waals surface area (Å²) in [4.78, 5) is 22.0. The van der Waals surface area contributed by atoms with Crippen LogP contribution < -0.4 is 15.2 Å². The van der Waals surface area contributed by atoms with Crippen LogP contribution in [0.4, 0.5) is 5.69 Å². The number of sulfonamides is 1. The van der Waals surface area contributed by atoms with Crippen molar-refractivity contribution in [1.82, 2.24) is 14.3 Å². The molecule has 2 aromatic heterocycles. The number of thiophene rings is 1. The molecule has 1 saturated heterocycles. The summed E-state index contributed by atoms with van der Waals surface area (Å²) in [6, 6.07) is 7.68. The van der Waals surface area contributed by atoms with Gasteiger partial charge in [-0.25, -0.2) is 13.4 Å². The highest BCUT2D eigenvalue weighted by molar-refractivity contribution is 7.89. The molecular formula is C18H20N4O4S2. The van der Waals surface area contributed by atoms with Crippen molar-refractivity contribution in [2.24, 2.45) is 0 Å². The number of methoxy groups -OCH3 is 1. The number of aryl methyl sites for hydroxylation is 1. The molecule has 3 aromatic rings. The third-order valence-electron chi connectivity index (χ3n) is 4.88. The van der Waals surface area contributed by atoms with E-state index in [1.54, 1.807) is 14.0 Å². The summed E-state index contributed by atoms with van der Waals surface area (Å²) in [5.41, 5.74) is 0.514. The number of rotatable bonds is 4. The Balaban J connectivity index is 1.63. The summed E-state index contributed by atoms with van der Waals surface area (Å²) in [5, 5.41) is 0.150. The molecule has 1 aliphatic rings. The van der Waals surface area contributed by atoms with Gasteiger partial charge >= 0.3 is 0 Å². The maximum absolute atomic E-state index is 13.3. The minimum absolute atomic E-state index is 0.0765. The van der Waals surface area contributed by atoms with Crippen molar-refractivity contribution < 1.29 is 13.2 Å². The number of nitrogens with zero attached hydrogens (tertiary/aromatic N) is 3. The minimum Gasteiger partial charge on any atom is -0.495 e. The van der Waals surface area contributed by atoms with E-state index in [9.17, 15) is 13.2 Å². The van der Waals surface area contributed by atoms with E-state index in [4.69, 9.17) is 4.74 Å². The van der Waals surface area contributed by atoms with Gasteiger partial charge in [0.25, 0.3) is 5.56 Å². The van der Waals surface area contributed by atoms with Gasteiger partial charge in [0, 0.05) is 31.1 Å². The largest absolute Gasteiger partial charge is 0.495 e. The van der Waals surface area contributed by atoms with Crippen LogP contribution in [0.1, 0.15) is 4.88 Å². The van der Waals surface area contributed by atoms with Gasteiger partial charge in [-0.1, -0.05) is 12.1 Å². The number of piperazine rings is 1. The van der Waals surface area contributed by atoms with Crippen molar-refractivity contribution >= 4 is 37.3 Å². The van der Waals surface area contributed by atoms with E-state index in [2.05, 4.69) is 14.9 Å². The molecule has 1 aromatic carbocycles. The number of hydrogen-bond donors (Lipinski definition) is 1. The molecule has 28 heavy (non-hydrogen) atoms. The van der Waals surface area contributed by atoms with E-state index in [0.717, 1.165) is 11.4 Å². The molecule has 10 heteroatoms. The molecule has 0 spiro atoms. The first-order chi connectivity index (χ1) is 13.4. The molecule has 8 nitrogen and oxygen atoms in total. The molecule has 4 rings (SSSR count). The van der Waals surface area contributed by atoms with Gasteiger partial charge in [0.05, 0.1) is 24.5 Å². The number of nitrogens with one attached hydrogen (secondary N) is 1. The van der Waals surface area contributed by atoms with Crippen LogP contribution in [0.25, 0.3) is 10.2 Å². The smallest absolute Gasteiger partial charge is 0.260 e. The molecule has 0 amide bonds. The van der Waals surface area contributed by atoms with Gasteiger partial charge in [0.2, 0.25) is 10.0 Å². The van der Waals surface area contributed by atoms with E-state index in [0.29, 0.717) is 35.9 Å². The van der Waals surface area contributed by atoms with E-state index in [-0.39, 0.29) is 10.3 Å². The molecule has 0 bridgehead atoms. The van der Waals surface area contributed by atoms with Crippen molar-refractivity contribution in [3.8, 4) is 5.75 Å². The fourth-order valence-corrected chi connectivity index (χ4v) is 6.63. The molecule has 1 aliphatic heterocycles. The molecule has 1 fully saturated rings. The number of anilines is 1. The molecule has 0 atom stereocenters. The second-order valence-corrected chi connectivity index (χ2v) is 9.54. The van der Waals surface area contributed by atoms with Crippen LogP contribution in [-0.2, 0) is 10.0 Å². The number of benzene rings is 1. The second-order valence-electron chi connectivity index (χ2n) is 6.46. The SMILES string of the molecule is COc1ccccc1N1CCN(S(=O)(=O)c2c(C)sc3nc[nH]c(=O)c23)CC1. The fraction of sp³-hybridized carbons (Fsp3) is 0.333. The highest BCUT2D eigenvalue weighted by Gasteiger charge is 2.33. The quantitative estimate of drug-likeness (QED) is 0.692. The number of H-pyrrole nitrogens is 1. The fourth-order valence-electron chi connectivity index (χ4n) is 3.53. The summed E-state index contributed by atoms with van der Waals surface area (Å²) >= 11 is 1.22. The lowest BCUT2D eigenvalue weighted by atomic mass is 10.2. The van der Waals surface area contributed by atoms with Crippen LogP contribution in [0.2, 0.25) is 0 Å². The van der Waals surface area contributed by atoms with E-state index < -0.39 is 15.6 Å². The van der Waals surface area contributed by atoms with Gasteiger partial charge in [0.1, 0.15) is 15.5 Å². The molecule has 0 radical (unpaired) electrons. The lowest BCUT2D eigenvalue weighted by molar-refractivity contribution is 0.378. The van der Waals surface area contributed by atoms with Crippen LogP contribution >= 0.6 is 11.3 Å². The summed E-state index contributed by atoms with van der Waals surface area (Å²) in [7, 11) is -2.17.